The second-order valence-corrected chi connectivity index (χ2v) is 4.16. The van der Waals surface area contributed by atoms with Crippen molar-refractivity contribution in [2.75, 3.05) is 26.8 Å². The van der Waals surface area contributed by atoms with Crippen LogP contribution in [0, 0.1) is 6.92 Å². The molecule has 0 heterocycles. The van der Waals surface area contributed by atoms with Gasteiger partial charge in [0.25, 0.3) is 0 Å². The van der Waals surface area contributed by atoms with Crippen LogP contribution in [0.15, 0.2) is 24.3 Å². The molecule has 1 unspecified atom stereocenters. The zero-order valence-corrected chi connectivity index (χ0v) is 11.0. The SMILES string of the molecule is CCCNCC(COC)Oc1ccccc1C. The van der Waals surface area contributed by atoms with E-state index in [4.69, 9.17) is 9.47 Å². The van der Waals surface area contributed by atoms with Crippen LogP contribution in [-0.4, -0.2) is 32.9 Å². The van der Waals surface area contributed by atoms with Crippen LogP contribution in [0.1, 0.15) is 18.9 Å². The Labute approximate surface area is 104 Å². The lowest BCUT2D eigenvalue weighted by Crippen LogP contribution is -2.35. The first-order valence-corrected chi connectivity index (χ1v) is 6.19. The van der Waals surface area contributed by atoms with E-state index >= 15 is 0 Å². The van der Waals surface area contributed by atoms with Gasteiger partial charge in [-0.3, -0.25) is 0 Å². The number of nitrogens with one attached hydrogen (secondary N) is 1. The Balaban J connectivity index is 2.50. The van der Waals surface area contributed by atoms with E-state index in [0.717, 1.165) is 30.8 Å². The summed E-state index contributed by atoms with van der Waals surface area (Å²) in [7, 11) is 1.70. The third-order valence-corrected chi connectivity index (χ3v) is 2.54. The standard InChI is InChI=1S/C14H23NO2/c1-4-9-15-10-13(11-16-3)17-14-8-6-5-7-12(14)2/h5-8,13,15H,4,9-11H2,1-3H3. The van der Waals surface area contributed by atoms with Crippen LogP contribution in [0.4, 0.5) is 0 Å². The van der Waals surface area contributed by atoms with Gasteiger partial charge in [0.15, 0.2) is 0 Å². The minimum absolute atomic E-state index is 0.0626. The first-order valence-electron chi connectivity index (χ1n) is 6.19. The van der Waals surface area contributed by atoms with Gasteiger partial charge in [0.2, 0.25) is 0 Å². The molecule has 0 aliphatic carbocycles. The number of para-hydroxylation sites is 1. The Kier molecular flexibility index (Phi) is 6.67. The minimum Gasteiger partial charge on any atom is -0.486 e. The molecule has 0 aliphatic heterocycles. The molecule has 1 atom stereocenters. The highest BCUT2D eigenvalue weighted by Gasteiger charge is 2.10. The van der Waals surface area contributed by atoms with Gasteiger partial charge in [-0.1, -0.05) is 25.1 Å². The zero-order valence-electron chi connectivity index (χ0n) is 11.0. The average Bonchev–Trinajstić information content (AvgIpc) is 2.32. The quantitative estimate of drug-likeness (QED) is 0.704. The largest absolute Gasteiger partial charge is 0.486 e. The lowest BCUT2D eigenvalue weighted by Gasteiger charge is -2.20. The highest BCUT2D eigenvalue weighted by atomic mass is 16.5. The summed E-state index contributed by atoms with van der Waals surface area (Å²) in [5.41, 5.74) is 1.16. The molecule has 0 amide bonds. The Bertz CT molecular complexity index is 315. The number of rotatable bonds is 8. The molecule has 3 nitrogen and oxygen atoms in total. The summed E-state index contributed by atoms with van der Waals surface area (Å²) in [6, 6.07) is 8.06. The van der Waals surface area contributed by atoms with Crippen LogP contribution in [0.5, 0.6) is 5.75 Å². The van der Waals surface area contributed by atoms with Crippen molar-refractivity contribution in [1.82, 2.24) is 5.32 Å². The summed E-state index contributed by atoms with van der Waals surface area (Å²) >= 11 is 0. The molecule has 1 aromatic rings. The molecule has 0 bridgehead atoms. The van der Waals surface area contributed by atoms with Gasteiger partial charge in [0.05, 0.1) is 6.61 Å². The van der Waals surface area contributed by atoms with Gasteiger partial charge in [-0.15, -0.1) is 0 Å². The maximum atomic E-state index is 5.94. The van der Waals surface area contributed by atoms with E-state index in [1.165, 1.54) is 0 Å². The molecular formula is C14H23NO2. The van der Waals surface area contributed by atoms with E-state index in [-0.39, 0.29) is 6.10 Å². The summed E-state index contributed by atoms with van der Waals surface area (Å²) in [5, 5.41) is 3.35. The summed E-state index contributed by atoms with van der Waals surface area (Å²) in [6.45, 7) is 6.64. The number of aryl methyl sites for hydroxylation is 1. The summed E-state index contributed by atoms with van der Waals surface area (Å²) in [5.74, 6) is 0.938. The van der Waals surface area contributed by atoms with Gasteiger partial charge in [-0.25, -0.2) is 0 Å². The fraction of sp³-hybridized carbons (Fsp3) is 0.571. The molecule has 1 aromatic carbocycles. The Morgan fingerprint density at radius 1 is 1.29 bits per heavy atom. The molecule has 1 N–H and O–H groups in total. The van der Waals surface area contributed by atoms with E-state index in [1.54, 1.807) is 7.11 Å². The second kappa shape index (κ2) is 8.09. The summed E-state index contributed by atoms with van der Waals surface area (Å²) in [6.07, 6.45) is 1.19. The van der Waals surface area contributed by atoms with Crippen LogP contribution in [0.25, 0.3) is 0 Å². The average molecular weight is 237 g/mol. The van der Waals surface area contributed by atoms with E-state index in [1.807, 2.05) is 18.2 Å². The van der Waals surface area contributed by atoms with Crippen molar-refractivity contribution in [1.29, 1.82) is 0 Å². The van der Waals surface area contributed by atoms with Gasteiger partial charge in [-0.05, 0) is 31.5 Å². The molecule has 17 heavy (non-hydrogen) atoms. The molecule has 1 rings (SSSR count). The molecule has 0 fully saturated rings. The normalized spacial score (nSPS) is 12.4. The number of methoxy groups -OCH3 is 1. The van der Waals surface area contributed by atoms with Crippen LogP contribution in [-0.2, 0) is 4.74 Å². The summed E-state index contributed by atoms with van der Waals surface area (Å²) in [4.78, 5) is 0. The third kappa shape index (κ3) is 5.20. The second-order valence-electron chi connectivity index (χ2n) is 4.16. The molecule has 0 radical (unpaired) electrons. The lowest BCUT2D eigenvalue weighted by atomic mass is 10.2. The Morgan fingerprint density at radius 2 is 2.06 bits per heavy atom. The topological polar surface area (TPSA) is 30.5 Å². The maximum Gasteiger partial charge on any atom is 0.134 e. The van der Waals surface area contributed by atoms with Crippen LogP contribution in [0.3, 0.4) is 0 Å². The predicted molar refractivity (Wildman–Crippen MR) is 70.6 cm³/mol. The van der Waals surface area contributed by atoms with Gasteiger partial charge in [-0.2, -0.15) is 0 Å². The number of benzene rings is 1. The number of hydrogen-bond acceptors (Lipinski definition) is 3. The van der Waals surface area contributed by atoms with E-state index < -0.39 is 0 Å². The molecule has 96 valence electrons. The zero-order chi connectivity index (χ0) is 12.5. The lowest BCUT2D eigenvalue weighted by molar-refractivity contribution is 0.0803. The molecule has 0 saturated heterocycles. The molecule has 0 spiro atoms. The van der Waals surface area contributed by atoms with Gasteiger partial charge in [0.1, 0.15) is 11.9 Å². The maximum absolute atomic E-state index is 5.94. The van der Waals surface area contributed by atoms with E-state index in [0.29, 0.717) is 6.61 Å². The van der Waals surface area contributed by atoms with Crippen molar-refractivity contribution in [2.24, 2.45) is 0 Å². The fourth-order valence-electron chi connectivity index (χ4n) is 1.63. The number of ether oxygens (including phenoxy) is 2. The first kappa shape index (κ1) is 14.0. The highest BCUT2D eigenvalue weighted by Crippen LogP contribution is 2.17. The van der Waals surface area contributed by atoms with Crippen LogP contribution in [0.2, 0.25) is 0 Å². The fourth-order valence-corrected chi connectivity index (χ4v) is 1.63. The van der Waals surface area contributed by atoms with E-state index in [2.05, 4.69) is 25.2 Å². The van der Waals surface area contributed by atoms with E-state index in [9.17, 15) is 0 Å². The minimum atomic E-state index is 0.0626. The van der Waals surface area contributed by atoms with Crippen molar-refractivity contribution >= 4 is 0 Å². The van der Waals surface area contributed by atoms with Crippen LogP contribution >= 0.6 is 0 Å². The summed E-state index contributed by atoms with van der Waals surface area (Å²) < 4.78 is 11.1. The van der Waals surface area contributed by atoms with Crippen molar-refractivity contribution in [2.45, 2.75) is 26.4 Å². The highest BCUT2D eigenvalue weighted by molar-refractivity contribution is 5.31. The van der Waals surface area contributed by atoms with Gasteiger partial charge in [0, 0.05) is 13.7 Å². The molecule has 3 heteroatoms. The Hall–Kier alpha value is -1.06. The first-order chi connectivity index (χ1) is 8.27. The molecular weight excluding hydrogens is 214 g/mol. The smallest absolute Gasteiger partial charge is 0.134 e. The third-order valence-electron chi connectivity index (χ3n) is 2.54. The molecule has 0 aliphatic rings. The monoisotopic (exact) mass is 237 g/mol. The number of hydrogen-bond donors (Lipinski definition) is 1. The Morgan fingerprint density at radius 3 is 2.71 bits per heavy atom. The van der Waals surface area contributed by atoms with Crippen molar-refractivity contribution in [3.63, 3.8) is 0 Å². The van der Waals surface area contributed by atoms with Gasteiger partial charge < -0.3 is 14.8 Å². The molecule has 0 aromatic heterocycles. The van der Waals surface area contributed by atoms with Crippen molar-refractivity contribution in [3.05, 3.63) is 29.8 Å². The van der Waals surface area contributed by atoms with Gasteiger partial charge >= 0.3 is 0 Å². The van der Waals surface area contributed by atoms with Crippen molar-refractivity contribution in [3.8, 4) is 5.75 Å². The van der Waals surface area contributed by atoms with Crippen molar-refractivity contribution < 1.29 is 9.47 Å². The predicted octanol–water partition coefficient (Wildman–Crippen LogP) is 2.39. The van der Waals surface area contributed by atoms with Crippen LogP contribution < -0.4 is 10.1 Å². The molecule has 0 saturated carbocycles.